The number of aromatic nitrogens is 2. The molecule has 3 aromatic rings. The number of hydrogen-bond acceptors (Lipinski definition) is 4. The van der Waals surface area contributed by atoms with Crippen molar-refractivity contribution in [1.29, 1.82) is 0 Å². The molecule has 170 valence electrons. The molecule has 0 N–H and O–H groups in total. The van der Waals surface area contributed by atoms with Crippen LogP contribution in [0.25, 0.3) is 11.0 Å². The number of amides is 2. The molecular formula is C26H28N4O3. The zero-order chi connectivity index (χ0) is 23.4. The van der Waals surface area contributed by atoms with Gasteiger partial charge >= 0.3 is 0 Å². The van der Waals surface area contributed by atoms with E-state index in [0.29, 0.717) is 26.1 Å². The molecule has 0 radical (unpaired) electrons. The fourth-order valence-electron chi connectivity index (χ4n) is 4.29. The molecule has 4 rings (SSSR count). The third kappa shape index (κ3) is 4.53. The van der Waals surface area contributed by atoms with Crippen molar-refractivity contribution < 1.29 is 14.3 Å². The Labute approximate surface area is 193 Å². The molecule has 1 atom stereocenters. The van der Waals surface area contributed by atoms with Gasteiger partial charge in [-0.2, -0.15) is 0 Å². The van der Waals surface area contributed by atoms with Crippen molar-refractivity contribution >= 4 is 28.5 Å². The number of carbonyl (C=O) groups excluding carboxylic acids is 2. The number of para-hydroxylation sites is 2. The Bertz CT molecular complexity index is 1170. The van der Waals surface area contributed by atoms with Gasteiger partial charge in [0, 0.05) is 37.7 Å². The predicted molar refractivity (Wildman–Crippen MR) is 129 cm³/mol. The second-order valence-electron chi connectivity index (χ2n) is 8.02. The first kappa shape index (κ1) is 22.3. The standard InChI is InChI=1S/C26H28N4O3/c1-4-14-28(15-5-2)25(32)18-30-23-9-7-6-8-22(23)27-26(30)19-16-24(31)29(17-19)20-10-12-21(33-3)13-11-20/h4-13,19H,1-2,14-18H2,3H3/t19-/m1/s1. The molecule has 1 fully saturated rings. The van der Waals surface area contributed by atoms with E-state index in [2.05, 4.69) is 13.2 Å². The van der Waals surface area contributed by atoms with Crippen molar-refractivity contribution in [2.45, 2.75) is 18.9 Å². The van der Waals surface area contributed by atoms with Gasteiger partial charge in [-0.15, -0.1) is 13.2 Å². The lowest BCUT2D eigenvalue weighted by atomic mass is 10.1. The van der Waals surface area contributed by atoms with Crippen LogP contribution in [0.15, 0.2) is 73.8 Å². The maximum atomic E-state index is 13.1. The van der Waals surface area contributed by atoms with E-state index in [-0.39, 0.29) is 24.3 Å². The van der Waals surface area contributed by atoms with Crippen molar-refractivity contribution in [1.82, 2.24) is 14.5 Å². The molecule has 2 heterocycles. The topological polar surface area (TPSA) is 67.7 Å². The molecule has 0 unspecified atom stereocenters. The molecule has 1 aliphatic rings. The van der Waals surface area contributed by atoms with Crippen LogP contribution in [0.5, 0.6) is 5.75 Å². The molecule has 2 aromatic carbocycles. The lowest BCUT2D eigenvalue weighted by Gasteiger charge is -2.21. The first-order valence-electron chi connectivity index (χ1n) is 10.9. The molecule has 0 bridgehead atoms. The fraction of sp³-hybridized carbons (Fsp3) is 0.269. The van der Waals surface area contributed by atoms with Crippen LogP contribution >= 0.6 is 0 Å². The minimum Gasteiger partial charge on any atom is -0.497 e. The Morgan fingerprint density at radius 2 is 1.85 bits per heavy atom. The van der Waals surface area contributed by atoms with Gasteiger partial charge in [-0.1, -0.05) is 24.3 Å². The SMILES string of the molecule is C=CCN(CC=C)C(=O)Cn1c([C@@H]2CC(=O)N(c3ccc(OC)cc3)C2)nc2ccccc21. The lowest BCUT2D eigenvalue weighted by molar-refractivity contribution is -0.130. The van der Waals surface area contributed by atoms with E-state index < -0.39 is 0 Å². The molecule has 0 saturated carbocycles. The first-order chi connectivity index (χ1) is 16.0. The minimum atomic E-state index is -0.118. The highest BCUT2D eigenvalue weighted by Crippen LogP contribution is 2.33. The quantitative estimate of drug-likeness (QED) is 0.471. The van der Waals surface area contributed by atoms with Gasteiger partial charge in [-0.25, -0.2) is 4.98 Å². The number of ether oxygens (including phenoxy) is 1. The smallest absolute Gasteiger partial charge is 0.243 e. The number of benzene rings is 2. The third-order valence-electron chi connectivity index (χ3n) is 5.90. The number of methoxy groups -OCH3 is 1. The summed E-state index contributed by atoms with van der Waals surface area (Å²) in [6, 6.07) is 15.2. The van der Waals surface area contributed by atoms with Crippen LogP contribution in [0.2, 0.25) is 0 Å². The number of anilines is 1. The summed E-state index contributed by atoms with van der Waals surface area (Å²) in [4.78, 5) is 34.3. The number of imidazole rings is 1. The van der Waals surface area contributed by atoms with Crippen molar-refractivity contribution in [3.63, 3.8) is 0 Å². The third-order valence-corrected chi connectivity index (χ3v) is 5.90. The van der Waals surface area contributed by atoms with Crippen LogP contribution in [0.3, 0.4) is 0 Å². The highest BCUT2D eigenvalue weighted by molar-refractivity contribution is 5.96. The lowest BCUT2D eigenvalue weighted by Crippen LogP contribution is -2.34. The van der Waals surface area contributed by atoms with Crippen molar-refractivity contribution in [3.8, 4) is 5.75 Å². The molecule has 7 nitrogen and oxygen atoms in total. The van der Waals surface area contributed by atoms with Gasteiger partial charge in [0.2, 0.25) is 11.8 Å². The molecule has 7 heteroatoms. The Hall–Kier alpha value is -3.87. The molecular weight excluding hydrogens is 416 g/mol. The van der Waals surface area contributed by atoms with E-state index >= 15 is 0 Å². The maximum Gasteiger partial charge on any atom is 0.243 e. The van der Waals surface area contributed by atoms with Gasteiger partial charge in [-0.3, -0.25) is 9.59 Å². The van der Waals surface area contributed by atoms with Crippen LogP contribution in [0.4, 0.5) is 5.69 Å². The summed E-state index contributed by atoms with van der Waals surface area (Å²) in [7, 11) is 1.61. The molecule has 0 aliphatic carbocycles. The summed E-state index contributed by atoms with van der Waals surface area (Å²) < 4.78 is 7.18. The van der Waals surface area contributed by atoms with E-state index in [0.717, 1.165) is 28.3 Å². The Balaban J connectivity index is 1.65. The zero-order valence-corrected chi connectivity index (χ0v) is 18.8. The average Bonchev–Trinajstić information content (AvgIpc) is 3.39. The highest BCUT2D eigenvalue weighted by atomic mass is 16.5. The molecule has 2 amide bonds. The number of hydrogen-bond donors (Lipinski definition) is 0. The summed E-state index contributed by atoms with van der Waals surface area (Å²) >= 11 is 0. The summed E-state index contributed by atoms with van der Waals surface area (Å²) in [6.07, 6.45) is 3.75. The van der Waals surface area contributed by atoms with Crippen molar-refractivity contribution in [2.24, 2.45) is 0 Å². The van der Waals surface area contributed by atoms with Crippen LogP contribution < -0.4 is 9.64 Å². The number of rotatable bonds is 9. The molecule has 0 spiro atoms. The average molecular weight is 445 g/mol. The highest BCUT2D eigenvalue weighted by Gasteiger charge is 2.35. The van der Waals surface area contributed by atoms with E-state index in [1.165, 1.54) is 0 Å². The van der Waals surface area contributed by atoms with Gasteiger partial charge in [-0.05, 0) is 36.4 Å². The summed E-state index contributed by atoms with van der Waals surface area (Å²) in [5.41, 5.74) is 2.52. The summed E-state index contributed by atoms with van der Waals surface area (Å²) in [5.74, 6) is 1.37. The van der Waals surface area contributed by atoms with Gasteiger partial charge in [0.25, 0.3) is 0 Å². The number of fused-ring (bicyclic) bond motifs is 1. The predicted octanol–water partition coefficient (Wildman–Crippen LogP) is 3.77. The Morgan fingerprint density at radius 1 is 1.15 bits per heavy atom. The molecule has 1 saturated heterocycles. The van der Waals surface area contributed by atoms with Gasteiger partial charge in [0.15, 0.2) is 0 Å². The number of nitrogens with zero attached hydrogens (tertiary/aromatic N) is 4. The van der Waals surface area contributed by atoms with Crippen LogP contribution in [0.1, 0.15) is 18.2 Å². The van der Waals surface area contributed by atoms with Crippen LogP contribution in [-0.4, -0.2) is 53.0 Å². The second kappa shape index (κ2) is 9.73. The van der Waals surface area contributed by atoms with Crippen LogP contribution in [-0.2, 0) is 16.1 Å². The summed E-state index contributed by atoms with van der Waals surface area (Å²) in [5, 5.41) is 0. The second-order valence-corrected chi connectivity index (χ2v) is 8.02. The van der Waals surface area contributed by atoms with E-state index in [9.17, 15) is 9.59 Å². The molecule has 1 aliphatic heterocycles. The van der Waals surface area contributed by atoms with Gasteiger partial charge < -0.3 is 19.1 Å². The Morgan fingerprint density at radius 3 is 2.52 bits per heavy atom. The van der Waals surface area contributed by atoms with E-state index in [1.54, 1.807) is 29.1 Å². The maximum absolute atomic E-state index is 13.1. The normalized spacial score (nSPS) is 15.6. The fourth-order valence-corrected chi connectivity index (χ4v) is 4.29. The van der Waals surface area contributed by atoms with E-state index in [4.69, 9.17) is 9.72 Å². The minimum absolute atomic E-state index is 0.0371. The van der Waals surface area contributed by atoms with Crippen molar-refractivity contribution in [3.05, 3.63) is 79.7 Å². The number of carbonyl (C=O) groups is 2. The largest absolute Gasteiger partial charge is 0.497 e. The van der Waals surface area contributed by atoms with Gasteiger partial charge in [0.1, 0.15) is 18.1 Å². The first-order valence-corrected chi connectivity index (χ1v) is 10.9. The van der Waals surface area contributed by atoms with Crippen LogP contribution in [0, 0.1) is 0 Å². The summed E-state index contributed by atoms with van der Waals surface area (Å²) in [6.45, 7) is 9.04. The zero-order valence-electron chi connectivity index (χ0n) is 18.8. The monoisotopic (exact) mass is 444 g/mol. The van der Waals surface area contributed by atoms with Gasteiger partial charge in [0.05, 0.1) is 18.1 Å². The Kier molecular flexibility index (Phi) is 6.58. The molecule has 33 heavy (non-hydrogen) atoms. The molecule has 1 aromatic heterocycles. The van der Waals surface area contributed by atoms with E-state index in [1.807, 2.05) is 53.1 Å². The van der Waals surface area contributed by atoms with Crippen molar-refractivity contribution in [2.75, 3.05) is 31.6 Å².